The Morgan fingerprint density at radius 1 is 1.26 bits per heavy atom. The molecule has 5 nitrogen and oxygen atoms in total. The molecular formula is C18H22N2O3. The SMILES string of the molecule is c1ccc(CO[C@@H]2CC[C@@H]3[C@@H]2OCCN3Cc2ccoc2)nc1. The molecule has 2 aliphatic rings. The van der Waals surface area contributed by atoms with Gasteiger partial charge in [-0.3, -0.25) is 9.88 Å². The van der Waals surface area contributed by atoms with E-state index < -0.39 is 0 Å². The zero-order valence-corrected chi connectivity index (χ0v) is 13.1. The molecule has 1 saturated carbocycles. The van der Waals surface area contributed by atoms with Crippen molar-refractivity contribution in [1.29, 1.82) is 0 Å². The predicted molar refractivity (Wildman–Crippen MR) is 84.7 cm³/mol. The molecule has 1 saturated heterocycles. The molecule has 3 atom stereocenters. The summed E-state index contributed by atoms with van der Waals surface area (Å²) in [4.78, 5) is 6.83. The van der Waals surface area contributed by atoms with Crippen molar-refractivity contribution in [3.63, 3.8) is 0 Å². The van der Waals surface area contributed by atoms with E-state index in [1.165, 1.54) is 5.56 Å². The van der Waals surface area contributed by atoms with Crippen molar-refractivity contribution in [3.8, 4) is 0 Å². The summed E-state index contributed by atoms with van der Waals surface area (Å²) in [6.07, 6.45) is 7.86. The van der Waals surface area contributed by atoms with E-state index >= 15 is 0 Å². The summed E-state index contributed by atoms with van der Waals surface area (Å²) in [6, 6.07) is 8.39. The average molecular weight is 314 g/mol. The van der Waals surface area contributed by atoms with Crippen LogP contribution in [-0.2, 0) is 22.6 Å². The minimum Gasteiger partial charge on any atom is -0.472 e. The Labute approximate surface area is 136 Å². The maximum Gasteiger partial charge on any atom is 0.0992 e. The Morgan fingerprint density at radius 3 is 3.09 bits per heavy atom. The molecule has 0 radical (unpaired) electrons. The van der Waals surface area contributed by atoms with Crippen molar-refractivity contribution in [2.24, 2.45) is 0 Å². The maximum absolute atomic E-state index is 6.11. The van der Waals surface area contributed by atoms with Crippen LogP contribution < -0.4 is 0 Å². The Hall–Kier alpha value is -1.69. The topological polar surface area (TPSA) is 47.7 Å². The molecule has 3 heterocycles. The molecule has 1 aliphatic heterocycles. The molecule has 0 N–H and O–H groups in total. The lowest BCUT2D eigenvalue weighted by atomic mass is 10.1. The molecule has 0 aromatic carbocycles. The monoisotopic (exact) mass is 314 g/mol. The van der Waals surface area contributed by atoms with Gasteiger partial charge in [-0.25, -0.2) is 0 Å². The number of furan rings is 1. The van der Waals surface area contributed by atoms with Crippen molar-refractivity contribution >= 4 is 0 Å². The molecule has 0 spiro atoms. The second kappa shape index (κ2) is 6.83. The van der Waals surface area contributed by atoms with Crippen LogP contribution in [0.25, 0.3) is 0 Å². The highest BCUT2D eigenvalue weighted by molar-refractivity contribution is 5.07. The summed E-state index contributed by atoms with van der Waals surface area (Å²) < 4.78 is 17.3. The number of ether oxygens (including phenoxy) is 2. The Bertz CT molecular complexity index is 602. The molecule has 1 aliphatic carbocycles. The maximum atomic E-state index is 6.11. The van der Waals surface area contributed by atoms with Gasteiger partial charge in [0.25, 0.3) is 0 Å². The zero-order valence-electron chi connectivity index (χ0n) is 13.1. The first-order valence-electron chi connectivity index (χ1n) is 8.28. The summed E-state index contributed by atoms with van der Waals surface area (Å²) in [5.41, 5.74) is 2.20. The third-order valence-electron chi connectivity index (χ3n) is 4.79. The van der Waals surface area contributed by atoms with Crippen molar-refractivity contribution in [2.75, 3.05) is 13.2 Å². The molecule has 23 heavy (non-hydrogen) atoms. The van der Waals surface area contributed by atoms with Gasteiger partial charge in [0.2, 0.25) is 0 Å². The number of nitrogens with zero attached hydrogens (tertiary/aromatic N) is 2. The van der Waals surface area contributed by atoms with Crippen LogP contribution in [-0.4, -0.2) is 41.3 Å². The summed E-state index contributed by atoms with van der Waals surface area (Å²) >= 11 is 0. The van der Waals surface area contributed by atoms with E-state index in [1.54, 1.807) is 12.5 Å². The van der Waals surface area contributed by atoms with Gasteiger partial charge in [0.15, 0.2) is 0 Å². The number of pyridine rings is 1. The average Bonchev–Trinajstić information content (AvgIpc) is 3.24. The minimum atomic E-state index is 0.161. The molecule has 0 amide bonds. The summed E-state index contributed by atoms with van der Waals surface area (Å²) in [5.74, 6) is 0. The molecule has 2 aromatic rings. The fourth-order valence-corrected chi connectivity index (χ4v) is 3.66. The summed E-state index contributed by atoms with van der Waals surface area (Å²) in [7, 11) is 0. The number of hydrogen-bond acceptors (Lipinski definition) is 5. The molecule has 2 aromatic heterocycles. The van der Waals surface area contributed by atoms with E-state index in [9.17, 15) is 0 Å². The number of aromatic nitrogens is 1. The molecule has 5 heteroatoms. The second-order valence-electron chi connectivity index (χ2n) is 6.25. The first-order valence-corrected chi connectivity index (χ1v) is 8.28. The van der Waals surface area contributed by atoms with Gasteiger partial charge < -0.3 is 13.9 Å². The lowest BCUT2D eigenvalue weighted by molar-refractivity contribution is -0.119. The first kappa shape index (κ1) is 14.9. The molecular weight excluding hydrogens is 292 g/mol. The van der Waals surface area contributed by atoms with Crippen LogP contribution in [0.15, 0.2) is 47.4 Å². The van der Waals surface area contributed by atoms with Crippen molar-refractivity contribution < 1.29 is 13.9 Å². The normalized spacial score (nSPS) is 27.9. The molecule has 0 unspecified atom stereocenters. The van der Waals surface area contributed by atoms with Crippen molar-refractivity contribution in [1.82, 2.24) is 9.88 Å². The Kier molecular flexibility index (Phi) is 4.41. The highest BCUT2D eigenvalue weighted by Gasteiger charge is 2.43. The van der Waals surface area contributed by atoms with Crippen LogP contribution in [0.3, 0.4) is 0 Å². The smallest absolute Gasteiger partial charge is 0.0992 e. The van der Waals surface area contributed by atoms with Gasteiger partial charge in [-0.05, 0) is 31.0 Å². The van der Waals surface area contributed by atoms with Crippen LogP contribution >= 0.6 is 0 Å². The third-order valence-corrected chi connectivity index (χ3v) is 4.79. The third kappa shape index (κ3) is 3.32. The fraction of sp³-hybridized carbons (Fsp3) is 0.500. The summed E-state index contributed by atoms with van der Waals surface area (Å²) in [5, 5.41) is 0. The minimum absolute atomic E-state index is 0.161. The first-order chi connectivity index (χ1) is 11.4. The van der Waals surface area contributed by atoms with Crippen molar-refractivity contribution in [3.05, 3.63) is 54.2 Å². The van der Waals surface area contributed by atoms with Crippen LogP contribution in [0.4, 0.5) is 0 Å². The van der Waals surface area contributed by atoms with Crippen LogP contribution in [0.1, 0.15) is 24.1 Å². The zero-order chi connectivity index (χ0) is 15.5. The van der Waals surface area contributed by atoms with Gasteiger partial charge in [0.1, 0.15) is 0 Å². The second-order valence-corrected chi connectivity index (χ2v) is 6.25. The van der Waals surface area contributed by atoms with E-state index in [1.807, 2.05) is 30.5 Å². The standard InChI is InChI=1S/C18H22N2O3/c1-2-7-19-15(3-1)13-23-17-5-4-16-18(17)22-10-8-20(16)11-14-6-9-21-12-14/h1-3,6-7,9,12,16-18H,4-5,8,10-11,13H2/t16-,17-,18+/m1/s1. The van der Waals surface area contributed by atoms with Gasteiger partial charge in [-0.15, -0.1) is 0 Å². The van der Waals surface area contributed by atoms with Gasteiger partial charge in [0.05, 0.1) is 43.6 Å². The Morgan fingerprint density at radius 2 is 2.26 bits per heavy atom. The largest absolute Gasteiger partial charge is 0.472 e. The summed E-state index contributed by atoms with van der Waals surface area (Å²) in [6.45, 7) is 3.22. The molecule has 122 valence electrons. The van der Waals surface area contributed by atoms with Crippen LogP contribution in [0, 0.1) is 0 Å². The predicted octanol–water partition coefficient (Wildman–Crippen LogP) is 2.62. The van der Waals surface area contributed by atoms with Gasteiger partial charge in [-0.2, -0.15) is 0 Å². The fourth-order valence-electron chi connectivity index (χ4n) is 3.66. The van der Waals surface area contributed by atoms with Crippen LogP contribution in [0.5, 0.6) is 0 Å². The van der Waals surface area contributed by atoms with Crippen molar-refractivity contribution in [2.45, 2.75) is 44.2 Å². The van der Waals surface area contributed by atoms with E-state index in [-0.39, 0.29) is 12.2 Å². The van der Waals surface area contributed by atoms with Crippen LogP contribution in [0.2, 0.25) is 0 Å². The molecule has 0 bridgehead atoms. The van der Waals surface area contributed by atoms with E-state index in [2.05, 4.69) is 9.88 Å². The highest BCUT2D eigenvalue weighted by atomic mass is 16.5. The number of fused-ring (bicyclic) bond motifs is 1. The number of morpholine rings is 1. The Balaban J connectivity index is 1.37. The quantitative estimate of drug-likeness (QED) is 0.849. The lowest BCUT2D eigenvalue weighted by Gasteiger charge is -2.38. The molecule has 2 fully saturated rings. The van der Waals surface area contributed by atoms with E-state index in [0.29, 0.717) is 12.6 Å². The number of rotatable bonds is 5. The lowest BCUT2D eigenvalue weighted by Crippen LogP contribution is -2.51. The van der Waals surface area contributed by atoms with E-state index in [0.717, 1.165) is 38.2 Å². The highest BCUT2D eigenvalue weighted by Crippen LogP contribution is 2.33. The van der Waals surface area contributed by atoms with E-state index in [4.69, 9.17) is 13.9 Å². The molecule has 4 rings (SSSR count). The van der Waals surface area contributed by atoms with Gasteiger partial charge in [0, 0.05) is 30.9 Å². The number of hydrogen-bond donors (Lipinski definition) is 0. The van der Waals surface area contributed by atoms with Gasteiger partial charge in [-0.1, -0.05) is 6.07 Å². The van der Waals surface area contributed by atoms with Gasteiger partial charge >= 0.3 is 0 Å².